The number of nitrogens with one attached hydrogen (secondary N) is 1. The molecule has 1 fully saturated rings. The first kappa shape index (κ1) is 22.8. The summed E-state index contributed by atoms with van der Waals surface area (Å²) in [6.45, 7) is 9.98. The fraction of sp³-hybridized carbons (Fsp3) is 0.417. The number of pyridine rings is 1. The molecule has 4 aromatic heterocycles. The van der Waals surface area contributed by atoms with E-state index in [9.17, 15) is 0 Å². The Morgan fingerprint density at radius 1 is 1.18 bits per heavy atom. The second-order valence-electron chi connectivity index (χ2n) is 9.27. The summed E-state index contributed by atoms with van der Waals surface area (Å²) in [7, 11) is 0. The Kier molecular flexibility index (Phi) is 6.28. The number of aromatic nitrogens is 5. The molecule has 34 heavy (non-hydrogen) atoms. The molecule has 5 rings (SSSR count). The van der Waals surface area contributed by atoms with Gasteiger partial charge in [0.1, 0.15) is 10.8 Å². The van der Waals surface area contributed by atoms with Crippen molar-refractivity contribution in [3.63, 3.8) is 0 Å². The van der Waals surface area contributed by atoms with Crippen LogP contribution in [-0.2, 0) is 16.1 Å². The maximum Gasteiger partial charge on any atom is 0.227 e. The van der Waals surface area contributed by atoms with Crippen LogP contribution in [0.25, 0.3) is 17.2 Å². The molecule has 0 spiro atoms. The summed E-state index contributed by atoms with van der Waals surface area (Å²) >= 11 is 1.51. The molecule has 1 saturated heterocycles. The number of rotatable bonds is 7. The van der Waals surface area contributed by atoms with Crippen molar-refractivity contribution in [2.24, 2.45) is 0 Å². The molecule has 0 aromatic carbocycles. The highest BCUT2D eigenvalue weighted by atomic mass is 32.2. The van der Waals surface area contributed by atoms with Crippen molar-refractivity contribution >= 4 is 23.4 Å². The summed E-state index contributed by atoms with van der Waals surface area (Å²) in [5.41, 5.74) is 1.36. The van der Waals surface area contributed by atoms with Gasteiger partial charge in [-0.25, -0.2) is 4.98 Å². The molecule has 1 unspecified atom stereocenters. The van der Waals surface area contributed by atoms with Crippen LogP contribution in [0.1, 0.15) is 38.6 Å². The highest BCUT2D eigenvalue weighted by Crippen LogP contribution is 2.32. The van der Waals surface area contributed by atoms with Gasteiger partial charge in [0.2, 0.25) is 11.8 Å². The van der Waals surface area contributed by atoms with Crippen molar-refractivity contribution in [2.45, 2.75) is 62.3 Å². The Morgan fingerprint density at radius 3 is 2.79 bits per heavy atom. The Balaban J connectivity index is 1.45. The van der Waals surface area contributed by atoms with Gasteiger partial charge in [0.15, 0.2) is 11.4 Å². The summed E-state index contributed by atoms with van der Waals surface area (Å²) in [5, 5.41) is 8.78. The molecule has 0 amide bonds. The van der Waals surface area contributed by atoms with E-state index in [1.54, 1.807) is 10.7 Å². The summed E-state index contributed by atoms with van der Waals surface area (Å²) < 4.78 is 18.9. The van der Waals surface area contributed by atoms with Gasteiger partial charge in [-0.3, -0.25) is 0 Å². The Morgan fingerprint density at radius 2 is 2.06 bits per heavy atom. The SMILES string of the molecule is Cc1ccc(-c2nc(NC(C)(C)C)nc3c(Sc4cccc(COC5CCOC5)n4)cnn23)o1. The molecule has 0 aliphatic carbocycles. The zero-order valence-corrected chi connectivity index (χ0v) is 20.6. The topological polar surface area (TPSA) is 99.6 Å². The van der Waals surface area contributed by atoms with Crippen LogP contribution in [-0.4, -0.2) is 49.4 Å². The molecule has 0 saturated carbocycles. The molecule has 5 heterocycles. The van der Waals surface area contributed by atoms with Crippen LogP contribution >= 0.6 is 11.8 Å². The van der Waals surface area contributed by atoms with Crippen LogP contribution in [0.5, 0.6) is 0 Å². The Hall–Kier alpha value is -2.95. The molecule has 0 bridgehead atoms. The number of aryl methyl sites for hydroxylation is 1. The second-order valence-corrected chi connectivity index (χ2v) is 10.3. The zero-order chi connectivity index (χ0) is 23.7. The maximum atomic E-state index is 5.93. The van der Waals surface area contributed by atoms with E-state index in [1.165, 1.54) is 11.8 Å². The number of furan rings is 1. The lowest BCUT2D eigenvalue weighted by atomic mass is 10.1. The highest BCUT2D eigenvalue weighted by molar-refractivity contribution is 7.99. The smallest absolute Gasteiger partial charge is 0.227 e. The van der Waals surface area contributed by atoms with E-state index in [-0.39, 0.29) is 11.6 Å². The first-order chi connectivity index (χ1) is 16.3. The van der Waals surface area contributed by atoms with E-state index in [1.807, 2.05) is 37.3 Å². The predicted molar refractivity (Wildman–Crippen MR) is 129 cm³/mol. The molecule has 10 heteroatoms. The van der Waals surface area contributed by atoms with Gasteiger partial charge in [-0.2, -0.15) is 19.6 Å². The number of nitrogens with zero attached hydrogens (tertiary/aromatic N) is 5. The van der Waals surface area contributed by atoms with Crippen molar-refractivity contribution in [3.8, 4) is 11.6 Å². The van der Waals surface area contributed by atoms with Gasteiger partial charge in [0.05, 0.1) is 36.1 Å². The van der Waals surface area contributed by atoms with E-state index in [0.717, 1.165) is 34.4 Å². The third kappa shape index (κ3) is 5.24. The maximum absolute atomic E-state index is 5.93. The molecule has 1 N–H and O–H groups in total. The molecule has 178 valence electrons. The number of fused-ring (bicyclic) bond motifs is 1. The van der Waals surface area contributed by atoms with E-state index in [4.69, 9.17) is 28.8 Å². The van der Waals surface area contributed by atoms with Gasteiger partial charge < -0.3 is 19.2 Å². The largest absolute Gasteiger partial charge is 0.458 e. The minimum absolute atomic E-state index is 0.145. The van der Waals surface area contributed by atoms with Crippen molar-refractivity contribution in [1.29, 1.82) is 0 Å². The van der Waals surface area contributed by atoms with Crippen molar-refractivity contribution in [1.82, 2.24) is 24.6 Å². The first-order valence-corrected chi connectivity index (χ1v) is 12.1. The van der Waals surface area contributed by atoms with Crippen LogP contribution in [0.15, 0.2) is 50.9 Å². The predicted octanol–water partition coefficient (Wildman–Crippen LogP) is 4.75. The summed E-state index contributed by atoms with van der Waals surface area (Å²) in [6.07, 6.45) is 2.86. The molecule has 9 nitrogen and oxygen atoms in total. The normalized spacial score (nSPS) is 16.4. The van der Waals surface area contributed by atoms with Crippen LogP contribution in [0.2, 0.25) is 0 Å². The summed E-state index contributed by atoms with van der Waals surface area (Å²) in [5.74, 6) is 2.54. The fourth-order valence-electron chi connectivity index (χ4n) is 3.59. The van der Waals surface area contributed by atoms with E-state index >= 15 is 0 Å². The molecule has 0 radical (unpaired) electrons. The molecule has 4 aromatic rings. The monoisotopic (exact) mass is 480 g/mol. The van der Waals surface area contributed by atoms with Gasteiger partial charge in [0, 0.05) is 12.1 Å². The third-order valence-electron chi connectivity index (χ3n) is 5.13. The summed E-state index contributed by atoms with van der Waals surface area (Å²) in [6, 6.07) is 9.74. The number of hydrogen-bond donors (Lipinski definition) is 1. The summed E-state index contributed by atoms with van der Waals surface area (Å²) in [4.78, 5) is 15.1. The molecular formula is C24H28N6O3S. The van der Waals surface area contributed by atoms with E-state index < -0.39 is 0 Å². The van der Waals surface area contributed by atoms with Crippen LogP contribution < -0.4 is 5.32 Å². The quantitative estimate of drug-likeness (QED) is 0.401. The molecule has 1 aliphatic rings. The van der Waals surface area contributed by atoms with Crippen LogP contribution in [0.3, 0.4) is 0 Å². The number of anilines is 1. The standard InChI is InChI=1S/C24H28N6O3S/c1-15-8-9-18(33-15)21-27-23(29-24(2,3)4)28-22-19(12-25-30(21)22)34-20-7-5-6-16(26-20)13-32-17-10-11-31-14-17/h5-9,12,17H,10-11,13-14H2,1-4H3,(H,28,29). The van der Waals surface area contributed by atoms with Crippen LogP contribution in [0, 0.1) is 6.92 Å². The lowest BCUT2D eigenvalue weighted by Gasteiger charge is -2.20. The second kappa shape index (κ2) is 9.36. The van der Waals surface area contributed by atoms with Gasteiger partial charge in [-0.1, -0.05) is 17.8 Å². The Bertz CT molecular complexity index is 1290. The van der Waals surface area contributed by atoms with Gasteiger partial charge in [0.25, 0.3) is 0 Å². The van der Waals surface area contributed by atoms with Crippen molar-refractivity contribution < 1.29 is 13.9 Å². The van der Waals surface area contributed by atoms with Gasteiger partial charge in [-0.05, 0) is 58.4 Å². The van der Waals surface area contributed by atoms with Crippen molar-refractivity contribution in [3.05, 3.63) is 48.0 Å². The lowest BCUT2D eigenvalue weighted by molar-refractivity contribution is 0.0299. The highest BCUT2D eigenvalue weighted by Gasteiger charge is 2.20. The van der Waals surface area contributed by atoms with Gasteiger partial charge in [-0.15, -0.1) is 0 Å². The number of hydrogen-bond acceptors (Lipinski definition) is 9. The molecule has 1 aliphatic heterocycles. The lowest BCUT2D eigenvalue weighted by Crippen LogP contribution is -2.27. The number of ether oxygens (including phenoxy) is 2. The van der Waals surface area contributed by atoms with Gasteiger partial charge >= 0.3 is 0 Å². The Labute approximate surface area is 202 Å². The molecular weight excluding hydrogens is 452 g/mol. The third-order valence-corrected chi connectivity index (χ3v) is 6.08. The average Bonchev–Trinajstić information content (AvgIpc) is 3.53. The average molecular weight is 481 g/mol. The fourth-order valence-corrected chi connectivity index (χ4v) is 4.45. The van der Waals surface area contributed by atoms with E-state index in [2.05, 4.69) is 31.2 Å². The first-order valence-electron chi connectivity index (χ1n) is 11.3. The molecule has 1 atom stereocenters. The zero-order valence-electron chi connectivity index (χ0n) is 19.7. The minimum atomic E-state index is -0.206. The van der Waals surface area contributed by atoms with E-state index in [0.29, 0.717) is 36.4 Å². The van der Waals surface area contributed by atoms with Crippen LogP contribution in [0.4, 0.5) is 5.95 Å². The van der Waals surface area contributed by atoms with Crippen molar-refractivity contribution in [2.75, 3.05) is 18.5 Å². The minimum Gasteiger partial charge on any atom is -0.458 e.